The Morgan fingerprint density at radius 1 is 1.26 bits per heavy atom. The summed E-state index contributed by atoms with van der Waals surface area (Å²) in [6.07, 6.45) is 3.78. The van der Waals surface area contributed by atoms with Crippen LogP contribution in [0.4, 0.5) is 11.4 Å². The molecule has 1 aliphatic rings. The quantitative estimate of drug-likeness (QED) is 0.600. The Hall–Kier alpha value is -2.97. The van der Waals surface area contributed by atoms with Crippen LogP contribution in [0.1, 0.15) is 6.42 Å². The number of nitrogens with one attached hydrogen (secondary N) is 1. The summed E-state index contributed by atoms with van der Waals surface area (Å²) in [6.45, 7) is 0.272. The average molecular weight is 457 g/mol. The van der Waals surface area contributed by atoms with Crippen molar-refractivity contribution in [1.82, 2.24) is 9.55 Å². The van der Waals surface area contributed by atoms with Gasteiger partial charge >= 0.3 is 0 Å². The number of nitrogens with zero attached hydrogens (tertiary/aromatic N) is 3. The molecule has 2 amide bonds. The van der Waals surface area contributed by atoms with Crippen molar-refractivity contribution in [1.29, 1.82) is 0 Å². The van der Waals surface area contributed by atoms with E-state index < -0.39 is 5.92 Å². The lowest BCUT2D eigenvalue weighted by Gasteiger charge is -2.20. The molecular formula is C22H21ClN4O3S. The molecule has 0 radical (unpaired) electrons. The van der Waals surface area contributed by atoms with Gasteiger partial charge in [-0.25, -0.2) is 4.98 Å². The second kappa shape index (κ2) is 9.03. The van der Waals surface area contributed by atoms with Crippen LogP contribution < -0.4 is 15.0 Å². The summed E-state index contributed by atoms with van der Waals surface area (Å²) in [7, 11) is 3.47. The van der Waals surface area contributed by atoms with Gasteiger partial charge in [0.05, 0.1) is 18.7 Å². The summed E-state index contributed by atoms with van der Waals surface area (Å²) in [5, 5.41) is 4.30. The highest BCUT2D eigenvalue weighted by Crippen LogP contribution is 2.35. The Kier molecular flexibility index (Phi) is 6.20. The van der Waals surface area contributed by atoms with Gasteiger partial charge in [0, 0.05) is 48.0 Å². The van der Waals surface area contributed by atoms with Crippen molar-refractivity contribution < 1.29 is 14.3 Å². The molecule has 1 aliphatic heterocycles. The van der Waals surface area contributed by atoms with Gasteiger partial charge in [0.2, 0.25) is 11.8 Å². The summed E-state index contributed by atoms with van der Waals surface area (Å²) < 4.78 is 7.29. The fourth-order valence-corrected chi connectivity index (χ4v) is 4.36. The van der Waals surface area contributed by atoms with E-state index in [0.717, 1.165) is 10.1 Å². The van der Waals surface area contributed by atoms with Crippen molar-refractivity contribution in [3.63, 3.8) is 0 Å². The predicted molar refractivity (Wildman–Crippen MR) is 121 cm³/mol. The number of rotatable bonds is 6. The summed E-state index contributed by atoms with van der Waals surface area (Å²) in [5.74, 6) is -0.249. The van der Waals surface area contributed by atoms with Crippen LogP contribution >= 0.6 is 23.4 Å². The smallest absolute Gasteiger partial charge is 0.229 e. The van der Waals surface area contributed by atoms with Gasteiger partial charge in [-0.1, -0.05) is 23.4 Å². The number of aromatic nitrogens is 2. The lowest BCUT2D eigenvalue weighted by Crippen LogP contribution is -2.28. The Morgan fingerprint density at radius 3 is 2.71 bits per heavy atom. The number of aryl methyl sites for hydroxylation is 1. The third-order valence-electron chi connectivity index (χ3n) is 5.04. The molecule has 1 N–H and O–H groups in total. The minimum Gasteiger partial charge on any atom is -0.495 e. The van der Waals surface area contributed by atoms with Gasteiger partial charge in [-0.2, -0.15) is 0 Å². The number of methoxy groups -OCH3 is 1. The van der Waals surface area contributed by atoms with Gasteiger partial charge in [-0.3, -0.25) is 9.59 Å². The standard InChI is InChI=1S/C22H21ClN4O3S/c1-26-10-9-24-22(26)31-17-6-4-16(5-7-17)25-21(29)14-11-20(28)27(13-14)18-12-15(23)3-8-19(18)30-2/h3-10,12,14H,11,13H2,1-2H3,(H,25,29). The van der Waals surface area contributed by atoms with Gasteiger partial charge in [0.1, 0.15) is 5.75 Å². The molecule has 0 spiro atoms. The zero-order chi connectivity index (χ0) is 22.0. The van der Waals surface area contributed by atoms with Crippen molar-refractivity contribution >= 4 is 46.6 Å². The number of halogens is 1. The van der Waals surface area contributed by atoms with Crippen molar-refractivity contribution in [3.8, 4) is 5.75 Å². The van der Waals surface area contributed by atoms with Gasteiger partial charge in [0.25, 0.3) is 0 Å². The predicted octanol–water partition coefficient (Wildman–Crippen LogP) is 4.22. The molecule has 0 saturated carbocycles. The first-order valence-corrected chi connectivity index (χ1v) is 10.8. The molecule has 0 bridgehead atoms. The molecular weight excluding hydrogens is 436 g/mol. The average Bonchev–Trinajstić information content (AvgIpc) is 3.35. The van der Waals surface area contributed by atoms with Crippen LogP contribution in [0.2, 0.25) is 5.02 Å². The van der Waals surface area contributed by atoms with Crippen LogP contribution in [0.3, 0.4) is 0 Å². The second-order valence-electron chi connectivity index (χ2n) is 7.16. The largest absolute Gasteiger partial charge is 0.495 e. The zero-order valence-corrected chi connectivity index (χ0v) is 18.6. The number of hydrogen-bond acceptors (Lipinski definition) is 5. The van der Waals surface area contributed by atoms with Gasteiger partial charge in [-0.05, 0) is 42.5 Å². The van der Waals surface area contributed by atoms with E-state index in [9.17, 15) is 9.59 Å². The summed E-state index contributed by atoms with van der Waals surface area (Å²) >= 11 is 7.63. The Balaban J connectivity index is 1.41. The van der Waals surface area contributed by atoms with Crippen molar-refractivity contribution in [3.05, 3.63) is 59.9 Å². The van der Waals surface area contributed by atoms with E-state index in [1.165, 1.54) is 7.11 Å². The fraction of sp³-hybridized carbons (Fsp3) is 0.227. The van der Waals surface area contributed by atoms with E-state index in [1.807, 2.05) is 42.1 Å². The first kappa shape index (κ1) is 21.3. The second-order valence-corrected chi connectivity index (χ2v) is 8.64. The molecule has 4 rings (SSSR count). The van der Waals surface area contributed by atoms with Crippen molar-refractivity contribution in [2.24, 2.45) is 13.0 Å². The molecule has 7 nitrogen and oxygen atoms in total. The number of anilines is 2. The summed E-state index contributed by atoms with van der Waals surface area (Å²) in [6, 6.07) is 12.6. The van der Waals surface area contributed by atoms with Crippen LogP contribution in [-0.4, -0.2) is 35.0 Å². The number of amides is 2. The summed E-state index contributed by atoms with van der Waals surface area (Å²) in [4.78, 5) is 32.2. The normalized spacial score (nSPS) is 15.9. The topological polar surface area (TPSA) is 76.5 Å². The minimum absolute atomic E-state index is 0.134. The third kappa shape index (κ3) is 4.70. The number of imidazole rings is 1. The molecule has 1 fully saturated rings. The molecule has 1 saturated heterocycles. The molecule has 160 valence electrons. The number of ether oxygens (including phenoxy) is 1. The highest BCUT2D eigenvalue weighted by Gasteiger charge is 2.36. The van der Waals surface area contributed by atoms with Crippen LogP contribution in [0, 0.1) is 5.92 Å². The Bertz CT molecular complexity index is 1120. The molecule has 9 heteroatoms. The number of hydrogen-bond donors (Lipinski definition) is 1. The van der Waals surface area contributed by atoms with Gasteiger partial charge in [0.15, 0.2) is 5.16 Å². The summed E-state index contributed by atoms with van der Waals surface area (Å²) in [5.41, 5.74) is 1.26. The zero-order valence-electron chi connectivity index (χ0n) is 17.0. The number of carbonyl (C=O) groups excluding carboxylic acids is 2. The van der Waals surface area contributed by atoms with E-state index in [2.05, 4.69) is 10.3 Å². The Labute approximate surface area is 189 Å². The molecule has 31 heavy (non-hydrogen) atoms. The van der Waals surface area contributed by atoms with Crippen LogP contribution in [0.5, 0.6) is 5.75 Å². The van der Waals surface area contributed by atoms with Gasteiger partial charge in [-0.15, -0.1) is 0 Å². The van der Waals surface area contributed by atoms with E-state index in [4.69, 9.17) is 16.3 Å². The lowest BCUT2D eigenvalue weighted by atomic mass is 10.1. The maximum Gasteiger partial charge on any atom is 0.229 e. The molecule has 1 unspecified atom stereocenters. The number of carbonyl (C=O) groups is 2. The minimum atomic E-state index is -0.460. The monoisotopic (exact) mass is 456 g/mol. The lowest BCUT2D eigenvalue weighted by molar-refractivity contribution is -0.122. The maximum absolute atomic E-state index is 12.8. The molecule has 1 aromatic heterocycles. The molecule has 0 aliphatic carbocycles. The fourth-order valence-electron chi connectivity index (χ4n) is 3.40. The van der Waals surface area contributed by atoms with Gasteiger partial charge < -0.3 is 19.5 Å². The first-order valence-electron chi connectivity index (χ1n) is 9.64. The van der Waals surface area contributed by atoms with Crippen LogP contribution in [0.15, 0.2) is 64.9 Å². The number of benzene rings is 2. The van der Waals surface area contributed by atoms with E-state index in [1.54, 1.807) is 41.1 Å². The van der Waals surface area contributed by atoms with E-state index >= 15 is 0 Å². The first-order chi connectivity index (χ1) is 14.9. The van der Waals surface area contributed by atoms with E-state index in [-0.39, 0.29) is 24.8 Å². The highest BCUT2D eigenvalue weighted by atomic mass is 35.5. The SMILES string of the molecule is COc1ccc(Cl)cc1N1CC(C(=O)Nc2ccc(Sc3nccn3C)cc2)CC1=O. The third-order valence-corrected chi connectivity index (χ3v) is 6.35. The highest BCUT2D eigenvalue weighted by molar-refractivity contribution is 7.99. The van der Waals surface area contributed by atoms with E-state index in [0.29, 0.717) is 22.1 Å². The van der Waals surface area contributed by atoms with Crippen molar-refractivity contribution in [2.75, 3.05) is 23.9 Å². The molecule has 1 atom stereocenters. The molecule has 2 aromatic carbocycles. The molecule has 3 aromatic rings. The van der Waals surface area contributed by atoms with Crippen molar-refractivity contribution in [2.45, 2.75) is 16.5 Å². The maximum atomic E-state index is 12.8. The molecule has 2 heterocycles. The van der Waals surface area contributed by atoms with Crippen LogP contribution in [-0.2, 0) is 16.6 Å². The Morgan fingerprint density at radius 2 is 2.03 bits per heavy atom. The van der Waals surface area contributed by atoms with Crippen LogP contribution in [0.25, 0.3) is 0 Å².